The van der Waals surface area contributed by atoms with Crippen LogP contribution in [0.1, 0.15) is 53.0 Å². The average Bonchev–Trinajstić information content (AvgIpc) is 3.26. The maximum atomic E-state index is 12.9. The van der Waals surface area contributed by atoms with Crippen molar-refractivity contribution in [2.45, 2.75) is 51.1 Å². The number of thiazole rings is 1. The minimum Gasteiger partial charge on any atom is -0.349 e. The lowest BCUT2D eigenvalue weighted by molar-refractivity contribution is 0.0921. The van der Waals surface area contributed by atoms with E-state index in [2.05, 4.69) is 20.2 Å². The molecule has 3 aromatic rings. The molecule has 0 unspecified atom stereocenters. The molecule has 2 aliphatic rings. The van der Waals surface area contributed by atoms with Gasteiger partial charge in [-0.05, 0) is 69.2 Å². The van der Waals surface area contributed by atoms with Gasteiger partial charge in [-0.2, -0.15) is 0 Å². The second-order valence-corrected chi connectivity index (χ2v) is 9.54. The van der Waals surface area contributed by atoms with E-state index in [0.29, 0.717) is 0 Å². The van der Waals surface area contributed by atoms with E-state index in [-0.39, 0.29) is 11.9 Å². The molecule has 1 N–H and O–H groups in total. The number of carbonyl (C=O) groups excluding carboxylic acids is 1. The smallest absolute Gasteiger partial charge is 0.252 e. The Hall–Kier alpha value is -2.31. The van der Waals surface area contributed by atoms with Crippen molar-refractivity contribution in [1.29, 1.82) is 0 Å². The standard InChI is InChI=1S/C24H28N4OS/c29-24(20-3-1-5-21-19(20)4-2-12-25-21)27-18-8-6-17(7-9-18)10-13-28-14-11-23-22(15-28)26-16-30-23/h1-5,12,16-18H,6-11,13-15H2,(H,27,29). The molecule has 0 bridgehead atoms. The summed E-state index contributed by atoms with van der Waals surface area (Å²) in [6, 6.07) is 9.92. The predicted molar refractivity (Wildman–Crippen MR) is 121 cm³/mol. The lowest BCUT2D eigenvalue weighted by Crippen LogP contribution is -2.38. The van der Waals surface area contributed by atoms with E-state index in [4.69, 9.17) is 0 Å². The van der Waals surface area contributed by atoms with E-state index in [9.17, 15) is 4.79 Å². The maximum absolute atomic E-state index is 12.9. The summed E-state index contributed by atoms with van der Waals surface area (Å²) in [7, 11) is 0. The van der Waals surface area contributed by atoms with Gasteiger partial charge in [-0.1, -0.05) is 12.1 Å². The van der Waals surface area contributed by atoms with Gasteiger partial charge in [-0.3, -0.25) is 14.7 Å². The van der Waals surface area contributed by atoms with Gasteiger partial charge in [-0.25, -0.2) is 4.98 Å². The molecule has 156 valence electrons. The van der Waals surface area contributed by atoms with Crippen molar-refractivity contribution in [3.05, 3.63) is 58.2 Å². The van der Waals surface area contributed by atoms with Crippen molar-refractivity contribution in [1.82, 2.24) is 20.2 Å². The Morgan fingerprint density at radius 2 is 2.03 bits per heavy atom. The fraction of sp³-hybridized carbons (Fsp3) is 0.458. The van der Waals surface area contributed by atoms with E-state index in [1.165, 1.54) is 42.9 Å². The summed E-state index contributed by atoms with van der Waals surface area (Å²) in [5.41, 5.74) is 4.88. The third-order valence-electron chi connectivity index (χ3n) is 6.68. The number of nitrogens with one attached hydrogen (secondary N) is 1. The minimum atomic E-state index is 0.0319. The van der Waals surface area contributed by atoms with Crippen molar-refractivity contribution >= 4 is 28.1 Å². The Balaban J connectivity index is 1.10. The molecule has 30 heavy (non-hydrogen) atoms. The van der Waals surface area contributed by atoms with E-state index >= 15 is 0 Å². The Kier molecular flexibility index (Phi) is 5.77. The molecule has 5 nitrogen and oxygen atoms in total. The number of hydrogen-bond donors (Lipinski definition) is 1. The molecule has 0 atom stereocenters. The lowest BCUT2D eigenvalue weighted by Gasteiger charge is -2.32. The second-order valence-electron chi connectivity index (χ2n) is 8.60. The van der Waals surface area contributed by atoms with Gasteiger partial charge in [0.25, 0.3) is 5.91 Å². The molecule has 1 amide bonds. The summed E-state index contributed by atoms with van der Waals surface area (Å²) in [5.74, 6) is 0.807. The van der Waals surface area contributed by atoms with Crippen LogP contribution in [0.5, 0.6) is 0 Å². The zero-order chi connectivity index (χ0) is 20.3. The molecule has 0 saturated heterocycles. The minimum absolute atomic E-state index is 0.0319. The molecule has 5 rings (SSSR count). The predicted octanol–water partition coefficient (Wildman–Crippen LogP) is 4.43. The summed E-state index contributed by atoms with van der Waals surface area (Å²) >= 11 is 1.80. The number of benzene rings is 1. The van der Waals surface area contributed by atoms with Crippen LogP contribution in [0, 0.1) is 5.92 Å². The van der Waals surface area contributed by atoms with Gasteiger partial charge in [0.15, 0.2) is 0 Å². The largest absolute Gasteiger partial charge is 0.349 e. The quantitative estimate of drug-likeness (QED) is 0.663. The fourth-order valence-electron chi connectivity index (χ4n) is 4.89. The molecule has 2 aromatic heterocycles. The number of aromatic nitrogens is 2. The third kappa shape index (κ3) is 4.25. The van der Waals surface area contributed by atoms with Gasteiger partial charge >= 0.3 is 0 Å². The van der Waals surface area contributed by atoms with Crippen LogP contribution in [0.2, 0.25) is 0 Å². The van der Waals surface area contributed by atoms with Crippen molar-refractivity contribution in [3.8, 4) is 0 Å². The monoisotopic (exact) mass is 420 g/mol. The highest BCUT2D eigenvalue weighted by Gasteiger charge is 2.25. The third-order valence-corrected chi connectivity index (χ3v) is 7.61. The molecule has 0 spiro atoms. The summed E-state index contributed by atoms with van der Waals surface area (Å²) in [6.07, 6.45) is 8.75. The first-order chi connectivity index (χ1) is 14.8. The number of hydrogen-bond acceptors (Lipinski definition) is 5. The zero-order valence-electron chi connectivity index (χ0n) is 17.2. The van der Waals surface area contributed by atoms with Crippen LogP contribution in [-0.4, -0.2) is 39.9 Å². The first kappa shape index (κ1) is 19.6. The van der Waals surface area contributed by atoms with Crippen LogP contribution in [0.15, 0.2) is 42.0 Å². The lowest BCUT2D eigenvalue weighted by atomic mass is 9.84. The van der Waals surface area contributed by atoms with E-state index < -0.39 is 0 Å². The Morgan fingerprint density at radius 3 is 2.93 bits per heavy atom. The molecule has 0 radical (unpaired) electrons. The van der Waals surface area contributed by atoms with Crippen LogP contribution < -0.4 is 5.32 Å². The summed E-state index contributed by atoms with van der Waals surface area (Å²) < 4.78 is 0. The molecular formula is C24H28N4OS. The fourth-order valence-corrected chi connectivity index (χ4v) is 5.66. The maximum Gasteiger partial charge on any atom is 0.252 e. The highest BCUT2D eigenvalue weighted by molar-refractivity contribution is 7.09. The molecule has 1 fully saturated rings. The van der Waals surface area contributed by atoms with Gasteiger partial charge in [0.1, 0.15) is 0 Å². The Bertz CT molecular complexity index is 1020. The van der Waals surface area contributed by atoms with Gasteiger partial charge in [0.2, 0.25) is 0 Å². The normalized spacial score (nSPS) is 22.0. The Morgan fingerprint density at radius 1 is 1.13 bits per heavy atom. The summed E-state index contributed by atoms with van der Waals surface area (Å²) in [6.45, 7) is 3.35. The number of carbonyl (C=O) groups is 1. The highest BCUT2D eigenvalue weighted by atomic mass is 32.1. The zero-order valence-corrected chi connectivity index (χ0v) is 18.0. The molecule has 1 aliphatic carbocycles. The van der Waals surface area contributed by atoms with E-state index in [0.717, 1.165) is 48.2 Å². The molecule has 6 heteroatoms. The van der Waals surface area contributed by atoms with Crippen molar-refractivity contribution in [2.75, 3.05) is 13.1 Å². The van der Waals surface area contributed by atoms with Crippen molar-refractivity contribution in [3.63, 3.8) is 0 Å². The highest BCUT2D eigenvalue weighted by Crippen LogP contribution is 2.29. The topological polar surface area (TPSA) is 58.1 Å². The first-order valence-electron chi connectivity index (χ1n) is 11.0. The summed E-state index contributed by atoms with van der Waals surface area (Å²) in [5, 5.41) is 4.20. The van der Waals surface area contributed by atoms with E-state index in [1.807, 2.05) is 35.8 Å². The van der Waals surface area contributed by atoms with Crippen LogP contribution in [0.25, 0.3) is 10.9 Å². The number of nitrogens with zero attached hydrogens (tertiary/aromatic N) is 3. The van der Waals surface area contributed by atoms with Gasteiger partial charge in [-0.15, -0.1) is 11.3 Å². The van der Waals surface area contributed by atoms with Gasteiger partial charge in [0, 0.05) is 41.2 Å². The molecule has 1 saturated carbocycles. The van der Waals surface area contributed by atoms with E-state index in [1.54, 1.807) is 17.5 Å². The number of pyridine rings is 1. The number of fused-ring (bicyclic) bond motifs is 2. The second kappa shape index (κ2) is 8.82. The van der Waals surface area contributed by atoms with Gasteiger partial charge < -0.3 is 5.32 Å². The van der Waals surface area contributed by atoms with Crippen molar-refractivity contribution in [2.24, 2.45) is 5.92 Å². The SMILES string of the molecule is O=C(NC1CCC(CCN2CCc3scnc3C2)CC1)c1cccc2ncccc12. The van der Waals surface area contributed by atoms with Crippen LogP contribution in [-0.2, 0) is 13.0 Å². The summed E-state index contributed by atoms with van der Waals surface area (Å²) in [4.78, 5) is 25.8. The number of rotatable bonds is 5. The Labute approximate surface area is 181 Å². The van der Waals surface area contributed by atoms with Gasteiger partial charge in [0.05, 0.1) is 16.7 Å². The molecule has 3 heterocycles. The molecular weight excluding hydrogens is 392 g/mol. The first-order valence-corrected chi connectivity index (χ1v) is 11.9. The van der Waals surface area contributed by atoms with Crippen LogP contribution in [0.4, 0.5) is 0 Å². The average molecular weight is 421 g/mol. The van der Waals surface area contributed by atoms with Crippen LogP contribution >= 0.6 is 11.3 Å². The molecule has 1 aliphatic heterocycles. The number of amides is 1. The van der Waals surface area contributed by atoms with Crippen molar-refractivity contribution < 1.29 is 4.79 Å². The van der Waals surface area contributed by atoms with Crippen LogP contribution in [0.3, 0.4) is 0 Å². The molecule has 1 aromatic carbocycles.